The van der Waals surface area contributed by atoms with Gasteiger partial charge in [-0.05, 0) is 46.6 Å². The molecule has 1 N–H and O–H groups in total. The minimum absolute atomic E-state index is 0.147. The van der Waals surface area contributed by atoms with E-state index in [-0.39, 0.29) is 6.10 Å². The van der Waals surface area contributed by atoms with E-state index in [1.54, 1.807) is 0 Å². The van der Waals surface area contributed by atoms with E-state index in [1.807, 2.05) is 6.92 Å². The summed E-state index contributed by atoms with van der Waals surface area (Å²) >= 11 is 0. The molecule has 1 fully saturated rings. The van der Waals surface area contributed by atoms with Crippen LogP contribution in [0.3, 0.4) is 0 Å². The fraction of sp³-hybridized carbons (Fsp3) is 1.00. The van der Waals surface area contributed by atoms with Crippen molar-refractivity contribution in [2.45, 2.75) is 58.3 Å². The van der Waals surface area contributed by atoms with Gasteiger partial charge in [-0.15, -0.1) is 0 Å². The van der Waals surface area contributed by atoms with Gasteiger partial charge < -0.3 is 9.84 Å². The summed E-state index contributed by atoms with van der Waals surface area (Å²) in [6.45, 7) is 9.27. The molecule has 0 aromatic rings. The van der Waals surface area contributed by atoms with Crippen LogP contribution in [0.25, 0.3) is 0 Å². The molecule has 15 heavy (non-hydrogen) atoms. The Balaban J connectivity index is 2.13. The molecule has 1 saturated heterocycles. The molecular formula is C12H25NO2. The minimum atomic E-state index is -0.147. The Bertz CT molecular complexity index is 173. The normalized spacial score (nSPS) is 30.4. The Labute approximate surface area is 93.4 Å². The monoisotopic (exact) mass is 215 g/mol. The second-order valence-electron chi connectivity index (χ2n) is 4.83. The molecule has 1 heterocycles. The molecule has 3 unspecified atom stereocenters. The molecule has 3 heteroatoms. The highest BCUT2D eigenvalue weighted by Crippen LogP contribution is 2.12. The van der Waals surface area contributed by atoms with Gasteiger partial charge in [-0.25, -0.2) is 0 Å². The van der Waals surface area contributed by atoms with E-state index in [4.69, 9.17) is 9.84 Å². The number of hydrogen-bond acceptors (Lipinski definition) is 3. The second kappa shape index (κ2) is 6.46. The number of aliphatic hydroxyl groups excluding tert-OH is 1. The van der Waals surface area contributed by atoms with Gasteiger partial charge in [-0.1, -0.05) is 0 Å². The molecule has 90 valence electrons. The van der Waals surface area contributed by atoms with Gasteiger partial charge in [-0.2, -0.15) is 0 Å². The topological polar surface area (TPSA) is 32.7 Å². The molecule has 0 spiro atoms. The first-order valence-corrected chi connectivity index (χ1v) is 6.13. The smallest absolute Gasteiger partial charge is 0.0674 e. The third kappa shape index (κ3) is 4.96. The summed E-state index contributed by atoms with van der Waals surface area (Å²) in [6.07, 6.45) is 3.45. The lowest BCUT2D eigenvalue weighted by Crippen LogP contribution is -2.47. The number of ether oxygens (including phenoxy) is 1. The van der Waals surface area contributed by atoms with Gasteiger partial charge in [0.05, 0.1) is 18.8 Å². The Morgan fingerprint density at radius 1 is 1.40 bits per heavy atom. The van der Waals surface area contributed by atoms with Crippen molar-refractivity contribution in [1.29, 1.82) is 0 Å². The van der Waals surface area contributed by atoms with Crippen LogP contribution in [0.1, 0.15) is 40.0 Å². The van der Waals surface area contributed by atoms with Crippen molar-refractivity contribution in [2.24, 2.45) is 0 Å². The standard InChI is InChI=1S/C12H25NO2/c1-10-9-15-12(3)8-13(10)7-5-4-6-11(2)14/h10-12,14H,4-9H2,1-3H3. The van der Waals surface area contributed by atoms with E-state index >= 15 is 0 Å². The van der Waals surface area contributed by atoms with Gasteiger partial charge in [0.15, 0.2) is 0 Å². The van der Waals surface area contributed by atoms with Crippen molar-refractivity contribution in [3.63, 3.8) is 0 Å². The van der Waals surface area contributed by atoms with Crippen LogP contribution in [0.4, 0.5) is 0 Å². The molecule has 1 rings (SSSR count). The number of rotatable bonds is 5. The highest BCUT2D eigenvalue weighted by atomic mass is 16.5. The summed E-state index contributed by atoms with van der Waals surface area (Å²) in [5.41, 5.74) is 0. The first kappa shape index (κ1) is 12.9. The zero-order valence-electron chi connectivity index (χ0n) is 10.3. The molecule has 0 bridgehead atoms. The lowest BCUT2D eigenvalue weighted by atomic mass is 10.1. The maximum Gasteiger partial charge on any atom is 0.0674 e. The lowest BCUT2D eigenvalue weighted by molar-refractivity contribution is -0.0498. The summed E-state index contributed by atoms with van der Waals surface area (Å²) in [4.78, 5) is 2.50. The maximum absolute atomic E-state index is 9.15. The SMILES string of the molecule is CC(O)CCCCN1CC(C)OCC1C. The summed E-state index contributed by atoms with van der Waals surface area (Å²) in [5, 5.41) is 9.15. The van der Waals surface area contributed by atoms with Crippen LogP contribution in [-0.2, 0) is 4.74 Å². The number of aliphatic hydroxyl groups is 1. The molecule has 3 atom stereocenters. The van der Waals surface area contributed by atoms with Gasteiger partial charge >= 0.3 is 0 Å². The van der Waals surface area contributed by atoms with Crippen molar-refractivity contribution in [2.75, 3.05) is 19.7 Å². The van der Waals surface area contributed by atoms with E-state index in [0.29, 0.717) is 12.1 Å². The van der Waals surface area contributed by atoms with Crippen LogP contribution in [0, 0.1) is 0 Å². The zero-order valence-corrected chi connectivity index (χ0v) is 10.3. The fourth-order valence-corrected chi connectivity index (χ4v) is 2.04. The average Bonchev–Trinajstić information content (AvgIpc) is 2.17. The first-order valence-electron chi connectivity index (χ1n) is 6.13. The van der Waals surface area contributed by atoms with Crippen LogP contribution in [0.15, 0.2) is 0 Å². The molecule has 3 nitrogen and oxygen atoms in total. The predicted octanol–water partition coefficient (Wildman–Crippen LogP) is 1.65. The predicted molar refractivity (Wildman–Crippen MR) is 62.0 cm³/mol. The van der Waals surface area contributed by atoms with Gasteiger partial charge in [0.25, 0.3) is 0 Å². The minimum Gasteiger partial charge on any atom is -0.393 e. The summed E-state index contributed by atoms with van der Waals surface area (Å²) in [5.74, 6) is 0. The molecule has 0 radical (unpaired) electrons. The van der Waals surface area contributed by atoms with Crippen molar-refractivity contribution >= 4 is 0 Å². The van der Waals surface area contributed by atoms with Gasteiger partial charge in [0, 0.05) is 12.6 Å². The quantitative estimate of drug-likeness (QED) is 0.708. The first-order chi connectivity index (χ1) is 7.09. The van der Waals surface area contributed by atoms with Crippen molar-refractivity contribution < 1.29 is 9.84 Å². The van der Waals surface area contributed by atoms with Crippen LogP contribution in [-0.4, -0.2) is 48.0 Å². The molecule has 0 aromatic heterocycles. The highest BCUT2D eigenvalue weighted by molar-refractivity contribution is 4.74. The van der Waals surface area contributed by atoms with Gasteiger partial charge in [-0.3, -0.25) is 4.90 Å². The van der Waals surface area contributed by atoms with E-state index < -0.39 is 0 Å². The molecule has 0 aliphatic carbocycles. The lowest BCUT2D eigenvalue weighted by Gasteiger charge is -2.36. The Morgan fingerprint density at radius 3 is 2.80 bits per heavy atom. The Hall–Kier alpha value is -0.120. The Morgan fingerprint density at radius 2 is 2.13 bits per heavy atom. The van der Waals surface area contributed by atoms with Crippen molar-refractivity contribution in [3.05, 3.63) is 0 Å². The third-order valence-electron chi connectivity index (χ3n) is 3.05. The van der Waals surface area contributed by atoms with E-state index in [1.165, 1.54) is 6.42 Å². The van der Waals surface area contributed by atoms with Gasteiger partial charge in [0.2, 0.25) is 0 Å². The summed E-state index contributed by atoms with van der Waals surface area (Å²) in [6, 6.07) is 0.549. The van der Waals surface area contributed by atoms with Crippen LogP contribution in [0.5, 0.6) is 0 Å². The van der Waals surface area contributed by atoms with E-state index in [2.05, 4.69) is 18.7 Å². The highest BCUT2D eigenvalue weighted by Gasteiger charge is 2.22. The second-order valence-corrected chi connectivity index (χ2v) is 4.83. The van der Waals surface area contributed by atoms with Crippen molar-refractivity contribution in [3.8, 4) is 0 Å². The van der Waals surface area contributed by atoms with E-state index in [9.17, 15) is 0 Å². The molecular weight excluding hydrogens is 190 g/mol. The van der Waals surface area contributed by atoms with Crippen LogP contribution in [0.2, 0.25) is 0 Å². The number of hydrogen-bond donors (Lipinski definition) is 1. The number of nitrogens with zero attached hydrogens (tertiary/aromatic N) is 1. The summed E-state index contributed by atoms with van der Waals surface area (Å²) in [7, 11) is 0. The molecule has 0 saturated carbocycles. The van der Waals surface area contributed by atoms with Crippen LogP contribution < -0.4 is 0 Å². The number of unbranched alkanes of at least 4 members (excludes halogenated alkanes) is 1. The van der Waals surface area contributed by atoms with Crippen molar-refractivity contribution in [1.82, 2.24) is 4.90 Å². The van der Waals surface area contributed by atoms with Crippen LogP contribution >= 0.6 is 0 Å². The molecule has 1 aliphatic heterocycles. The maximum atomic E-state index is 9.15. The third-order valence-corrected chi connectivity index (χ3v) is 3.05. The largest absolute Gasteiger partial charge is 0.393 e. The number of morpholine rings is 1. The molecule has 1 aliphatic rings. The molecule has 0 aromatic carbocycles. The van der Waals surface area contributed by atoms with Gasteiger partial charge in [0.1, 0.15) is 0 Å². The Kier molecular flexibility index (Phi) is 5.58. The summed E-state index contributed by atoms with van der Waals surface area (Å²) < 4.78 is 5.58. The fourth-order valence-electron chi connectivity index (χ4n) is 2.04. The zero-order chi connectivity index (χ0) is 11.3. The molecule has 0 amide bonds. The van der Waals surface area contributed by atoms with E-state index in [0.717, 1.165) is 32.5 Å². The average molecular weight is 215 g/mol.